The van der Waals surface area contributed by atoms with E-state index in [1.165, 1.54) is 22.9 Å². The fourth-order valence-corrected chi connectivity index (χ4v) is 3.74. The number of rotatable bonds is 7. The van der Waals surface area contributed by atoms with Gasteiger partial charge in [0.2, 0.25) is 0 Å². The molecule has 0 bridgehead atoms. The Bertz CT molecular complexity index is 1150. The van der Waals surface area contributed by atoms with Crippen LogP contribution in [0.15, 0.2) is 40.1 Å². The van der Waals surface area contributed by atoms with Gasteiger partial charge in [0.1, 0.15) is 18.1 Å². The average Bonchev–Trinajstić information content (AvgIpc) is 3.13. The second kappa shape index (κ2) is 12.1. The van der Waals surface area contributed by atoms with E-state index in [1.807, 2.05) is 0 Å². The molecule has 1 aliphatic heterocycles. The summed E-state index contributed by atoms with van der Waals surface area (Å²) in [5, 5.41) is 26.9. The van der Waals surface area contributed by atoms with Crippen molar-refractivity contribution in [1.29, 1.82) is 5.26 Å². The van der Waals surface area contributed by atoms with Gasteiger partial charge in [0.25, 0.3) is 5.56 Å². The highest BCUT2D eigenvalue weighted by atomic mass is 35.5. The second-order valence-corrected chi connectivity index (χ2v) is 8.61. The van der Waals surface area contributed by atoms with Gasteiger partial charge >= 0.3 is 13.5 Å². The van der Waals surface area contributed by atoms with Crippen molar-refractivity contribution in [3.63, 3.8) is 0 Å². The summed E-state index contributed by atoms with van der Waals surface area (Å²) >= 11 is 5.73. The molecule has 1 unspecified atom stereocenters. The minimum Gasteiger partial charge on any atom is -0.403 e. The molecular weight excluding hydrogens is 481 g/mol. The van der Waals surface area contributed by atoms with Gasteiger partial charge < -0.3 is 19.5 Å². The first kappa shape index (κ1) is 26.8. The van der Waals surface area contributed by atoms with Crippen LogP contribution >= 0.6 is 19.4 Å². The van der Waals surface area contributed by atoms with Gasteiger partial charge in [-0.2, -0.15) is 5.26 Å². The highest BCUT2D eigenvalue weighted by molar-refractivity contribution is 7.47. The van der Waals surface area contributed by atoms with Gasteiger partial charge in [-0.15, -0.1) is 0 Å². The number of para-hydroxylation sites is 1. The van der Waals surface area contributed by atoms with Crippen LogP contribution in [0.1, 0.15) is 24.6 Å². The van der Waals surface area contributed by atoms with Crippen LogP contribution in [0.4, 0.5) is 0 Å². The predicted octanol–water partition coefficient (Wildman–Crippen LogP) is 1.24. The van der Waals surface area contributed by atoms with E-state index in [1.54, 1.807) is 25.1 Å². The van der Waals surface area contributed by atoms with E-state index in [9.17, 15) is 24.2 Å². The zero-order chi connectivity index (χ0) is 24.6. The number of aliphatic hydroxyl groups excluding tert-OH is 2. The summed E-state index contributed by atoms with van der Waals surface area (Å²) in [6, 6.07) is 8.01. The number of aryl methyl sites for hydroxylation is 1. The van der Waals surface area contributed by atoms with Crippen LogP contribution < -0.4 is 15.8 Å². The van der Waals surface area contributed by atoms with E-state index in [4.69, 9.17) is 31.2 Å². The molecule has 14 heteroatoms. The molecule has 1 aliphatic rings. The number of phosphoric acid groups is 1. The van der Waals surface area contributed by atoms with Gasteiger partial charge in [0.15, 0.2) is 0 Å². The quantitative estimate of drug-likeness (QED) is 0.316. The molecule has 0 aliphatic carbocycles. The van der Waals surface area contributed by atoms with E-state index in [2.05, 4.69) is 9.51 Å². The molecule has 33 heavy (non-hydrogen) atoms. The molecule has 0 radical (unpaired) electrons. The monoisotopic (exact) mass is 503 g/mol. The summed E-state index contributed by atoms with van der Waals surface area (Å²) in [6.45, 7) is 1.09. The number of aliphatic hydroxyl groups is 2. The molecule has 0 amide bonds. The first-order valence-corrected chi connectivity index (χ1v) is 11.5. The molecule has 1 aromatic heterocycles. The maximum Gasteiger partial charge on any atom is 0.527 e. The molecule has 12 nitrogen and oxygen atoms in total. The number of halogens is 1. The third-order valence-corrected chi connectivity index (χ3v) is 5.61. The van der Waals surface area contributed by atoms with Crippen LogP contribution in [-0.2, 0) is 13.8 Å². The number of phosphoric ester groups is 1. The minimum atomic E-state index is -4.21. The summed E-state index contributed by atoms with van der Waals surface area (Å²) in [6.07, 6.45) is -0.570. The van der Waals surface area contributed by atoms with Crippen LogP contribution in [0.3, 0.4) is 0 Å². The Hall–Kier alpha value is -2.49. The van der Waals surface area contributed by atoms with Gasteiger partial charge in [0.05, 0.1) is 36.8 Å². The van der Waals surface area contributed by atoms with Crippen LogP contribution in [0, 0.1) is 18.3 Å². The van der Waals surface area contributed by atoms with Crippen molar-refractivity contribution < 1.29 is 33.5 Å². The molecular formula is C19H23ClN3O9P. The van der Waals surface area contributed by atoms with E-state index in [-0.39, 0.29) is 36.8 Å². The van der Waals surface area contributed by atoms with Crippen LogP contribution in [0.5, 0.6) is 5.75 Å². The van der Waals surface area contributed by atoms with Crippen molar-refractivity contribution in [1.82, 2.24) is 9.55 Å². The van der Waals surface area contributed by atoms with Crippen LogP contribution in [0.2, 0.25) is 5.02 Å². The third kappa shape index (κ3) is 7.80. The van der Waals surface area contributed by atoms with Crippen molar-refractivity contribution in [2.75, 3.05) is 13.2 Å². The summed E-state index contributed by atoms with van der Waals surface area (Å²) in [5.41, 5.74) is -0.643. The zero-order valence-corrected chi connectivity index (χ0v) is 19.1. The zero-order valence-electron chi connectivity index (χ0n) is 17.5. The number of ether oxygens (including phenoxy) is 1. The number of nitriles is 1. The summed E-state index contributed by atoms with van der Waals surface area (Å²) in [7, 11) is -4.21. The number of aromatic amines is 1. The second-order valence-electron chi connectivity index (χ2n) is 6.83. The number of H-pyrrole nitrogens is 1. The number of benzene rings is 1. The van der Waals surface area contributed by atoms with Crippen LogP contribution in [-0.4, -0.2) is 50.1 Å². The standard InChI is InChI=1S/C10H14N2O5.C9H9ClNO4P/c1-5-3-12(10(16)11-9(5)15)8-2-6(14)7(4-13)17-8;10-8-4-1-2-5-9(8)15-16(12,13)14-7-3-6-11/h3,6-8,13-14H,2,4H2,1H3,(H,11,15,16);1-2,4-5H,3,7H2,(H,12,13)/t6-,7+,8+;/m0./s1. The van der Waals surface area contributed by atoms with Gasteiger partial charge in [0, 0.05) is 18.2 Å². The Balaban J connectivity index is 0.000000234. The van der Waals surface area contributed by atoms with Crippen molar-refractivity contribution >= 4 is 19.4 Å². The molecule has 180 valence electrons. The number of nitrogens with zero attached hydrogens (tertiary/aromatic N) is 2. The lowest BCUT2D eigenvalue weighted by Gasteiger charge is -2.14. The SMILES string of the molecule is Cc1cn([C@H]2C[C@H](O)[C@@H](CO)O2)c(=O)[nH]c1=O.N#CCCOP(=O)(O)Oc1ccccc1Cl. The summed E-state index contributed by atoms with van der Waals surface area (Å²) in [5.74, 6) is 0.0620. The fourth-order valence-electron chi connectivity index (χ4n) is 2.73. The van der Waals surface area contributed by atoms with Crippen molar-refractivity contribution in [2.45, 2.75) is 38.2 Å². The van der Waals surface area contributed by atoms with E-state index in [0.717, 1.165) is 0 Å². The van der Waals surface area contributed by atoms with Crippen molar-refractivity contribution in [2.24, 2.45) is 0 Å². The van der Waals surface area contributed by atoms with Gasteiger partial charge in [-0.1, -0.05) is 23.7 Å². The largest absolute Gasteiger partial charge is 0.527 e. The van der Waals surface area contributed by atoms with E-state index >= 15 is 0 Å². The topological polar surface area (TPSA) is 184 Å². The molecule has 2 heterocycles. The third-order valence-electron chi connectivity index (χ3n) is 4.36. The maximum atomic E-state index is 11.6. The number of hydrogen-bond acceptors (Lipinski definition) is 9. The van der Waals surface area contributed by atoms with Crippen molar-refractivity contribution in [3.8, 4) is 11.8 Å². The first-order valence-electron chi connectivity index (χ1n) is 9.62. The van der Waals surface area contributed by atoms with Gasteiger partial charge in [-0.3, -0.25) is 23.8 Å². The van der Waals surface area contributed by atoms with E-state index < -0.39 is 37.5 Å². The Morgan fingerprint density at radius 3 is 2.70 bits per heavy atom. The first-order chi connectivity index (χ1) is 15.6. The van der Waals surface area contributed by atoms with Gasteiger partial charge in [-0.05, 0) is 19.1 Å². The number of nitrogens with one attached hydrogen (secondary N) is 1. The Morgan fingerprint density at radius 1 is 1.39 bits per heavy atom. The van der Waals surface area contributed by atoms with Crippen LogP contribution in [0.25, 0.3) is 0 Å². The Labute approximate surface area is 193 Å². The Morgan fingerprint density at radius 2 is 2.09 bits per heavy atom. The molecule has 0 spiro atoms. The molecule has 3 rings (SSSR count). The molecule has 0 saturated carbocycles. The average molecular weight is 504 g/mol. The number of aromatic nitrogens is 2. The lowest BCUT2D eigenvalue weighted by Crippen LogP contribution is -2.33. The lowest BCUT2D eigenvalue weighted by atomic mass is 10.2. The highest BCUT2D eigenvalue weighted by Gasteiger charge is 2.35. The Kier molecular flexibility index (Phi) is 9.82. The van der Waals surface area contributed by atoms with Crippen molar-refractivity contribution in [3.05, 3.63) is 61.9 Å². The molecule has 1 fully saturated rings. The predicted molar refractivity (Wildman–Crippen MR) is 116 cm³/mol. The smallest absolute Gasteiger partial charge is 0.403 e. The highest BCUT2D eigenvalue weighted by Crippen LogP contribution is 2.45. The molecule has 1 saturated heterocycles. The van der Waals surface area contributed by atoms with Gasteiger partial charge in [-0.25, -0.2) is 9.36 Å². The molecule has 4 N–H and O–H groups in total. The summed E-state index contributed by atoms with van der Waals surface area (Å²) in [4.78, 5) is 34.2. The molecule has 4 atom stereocenters. The number of hydrogen-bond donors (Lipinski definition) is 4. The lowest BCUT2D eigenvalue weighted by molar-refractivity contribution is -0.0459. The van der Waals surface area contributed by atoms with E-state index in [0.29, 0.717) is 5.56 Å². The molecule has 2 aromatic rings. The fraction of sp³-hybridized carbons (Fsp3) is 0.421. The normalized spacial score (nSPS) is 21.4. The maximum absolute atomic E-state index is 11.6. The minimum absolute atomic E-state index is 0.0103. The summed E-state index contributed by atoms with van der Waals surface area (Å²) < 4.78 is 27.2. The molecule has 1 aromatic carbocycles.